The summed E-state index contributed by atoms with van der Waals surface area (Å²) in [5.41, 5.74) is 5.85. The monoisotopic (exact) mass is 1840 g/mol. The van der Waals surface area contributed by atoms with E-state index in [1.807, 2.05) is 0 Å². The maximum Gasteiger partial charge on any atom is 0.325 e. The molecule has 0 unspecified atom stereocenters. The number of hydrogen-bond acceptors (Lipinski definition) is 43. The maximum atomic E-state index is 14.9. The van der Waals surface area contributed by atoms with Gasteiger partial charge in [0, 0.05) is 20.8 Å². The highest BCUT2D eigenvalue weighted by atomic mass is 16.8. The van der Waals surface area contributed by atoms with Gasteiger partial charge in [0.15, 0.2) is 37.7 Å². The number of aliphatic carboxylic acids is 1. The van der Waals surface area contributed by atoms with Crippen LogP contribution in [0.15, 0.2) is 0 Å². The number of rotatable bonds is 41. The number of amides is 11. The van der Waals surface area contributed by atoms with Crippen LogP contribution in [0.5, 0.6) is 0 Å². The Hall–Kier alpha value is -7.60. The van der Waals surface area contributed by atoms with Crippen LogP contribution in [0, 0.1) is 0 Å². The number of carbonyl (C=O) groups excluding carboxylic acids is 11. The zero-order valence-electron chi connectivity index (χ0n) is 70.9. The van der Waals surface area contributed by atoms with E-state index in [1.54, 1.807) is 0 Å². The number of aliphatic hydroxyl groups is 18. The Morgan fingerprint density at radius 1 is 0.283 bits per heavy atom. The number of carbonyl (C=O) groups is 12. The molecule has 127 heavy (non-hydrogen) atoms. The molecule has 6 aliphatic rings. The smallest absolute Gasteiger partial charge is 0.325 e. The number of hydrogen-bond donors (Lipinski definition) is 31. The van der Waals surface area contributed by atoms with Crippen LogP contribution < -0.4 is 64.2 Å². The van der Waals surface area contributed by atoms with E-state index < -0.39 is 367 Å². The lowest BCUT2D eigenvalue weighted by molar-refractivity contribution is -0.350. The Kier molecular flexibility index (Phi) is 41.3. The largest absolute Gasteiger partial charge is 0.480 e. The summed E-state index contributed by atoms with van der Waals surface area (Å²) in [6, 6.07) is -21.6. The average molecular weight is 1840 g/mol. The first-order chi connectivity index (χ1) is 59.4. The highest BCUT2D eigenvalue weighted by Gasteiger charge is 2.57. The SMILES string of the molecule is CC(=O)N[C@H]1[C@@H](O[C@H](C)[C@H](NC(=O)[C@H](C)N)C(=O)N[C@@H](C)C(=O)N[C@@H](C)C(=O)N[C@H](C(=O)N[C@@H](C)C(=O)N[C@@H](C)C(=O)N[C@H](C(=O)N[C@@H](C)C(=O)O)[C@@H](C)O[C@H]2O[C@H](CO)[C@H](O[C@@H]3O[C@H](CO)[C@H](O)[C@H](O)[C@H]3O)[C@H](O)[C@H]2NC(C)=O)[C@@H](C)O[C@H]2O[C@H](CO)[C@H](O[C@@H]3O[C@H](CO)[C@H](O)[C@H](O)[C@H]3O)[C@H](O)[C@H]2NC(C)=O)O[C@H](CO)[C@H](O[C@@H]2O[C@H](CO)[C@H](O)[C@H](O)[C@H]2O)[C@@H]1O. The molecule has 728 valence electrons. The molecule has 0 bridgehead atoms. The van der Waals surface area contributed by atoms with Gasteiger partial charge in [0.25, 0.3) is 0 Å². The Labute approximate surface area is 723 Å². The van der Waals surface area contributed by atoms with Crippen molar-refractivity contribution in [2.24, 2.45) is 5.73 Å². The number of carboxylic acid groups (broad SMARTS) is 1. The van der Waals surface area contributed by atoms with Gasteiger partial charge in [-0.2, -0.15) is 0 Å². The third-order valence-electron chi connectivity index (χ3n) is 21.4. The second-order valence-corrected chi connectivity index (χ2v) is 31.5. The van der Waals surface area contributed by atoms with Crippen molar-refractivity contribution in [2.45, 2.75) is 340 Å². The molecule has 6 fully saturated rings. The van der Waals surface area contributed by atoms with E-state index in [0.29, 0.717) is 0 Å². The number of nitrogens with two attached hydrogens (primary N) is 1. The second kappa shape index (κ2) is 48.5. The van der Waals surface area contributed by atoms with E-state index in [1.165, 1.54) is 13.8 Å². The maximum absolute atomic E-state index is 14.9. The van der Waals surface area contributed by atoms with E-state index in [9.17, 15) is 155 Å². The van der Waals surface area contributed by atoms with Crippen molar-refractivity contribution in [3.05, 3.63) is 0 Å². The van der Waals surface area contributed by atoms with E-state index in [-0.39, 0.29) is 0 Å². The summed E-state index contributed by atoms with van der Waals surface area (Å²) in [7, 11) is 0. The van der Waals surface area contributed by atoms with Gasteiger partial charge in [-0.15, -0.1) is 0 Å². The molecule has 0 aromatic heterocycles. The zero-order valence-corrected chi connectivity index (χ0v) is 70.9. The third-order valence-corrected chi connectivity index (χ3v) is 21.4. The molecule has 32 N–H and O–H groups in total. The summed E-state index contributed by atoms with van der Waals surface area (Å²) in [5, 5.41) is 226. The van der Waals surface area contributed by atoms with Crippen LogP contribution in [-0.4, -0.2) is 464 Å². The molecule has 6 saturated heterocycles. The van der Waals surface area contributed by atoms with Gasteiger partial charge in [-0.25, -0.2) is 0 Å². The van der Waals surface area contributed by atoms with Crippen molar-refractivity contribution in [3.8, 4) is 0 Å². The number of ether oxygens (including phenoxy) is 12. The fourth-order valence-electron chi connectivity index (χ4n) is 14.0. The molecule has 0 aromatic rings. The van der Waals surface area contributed by atoms with E-state index in [4.69, 9.17) is 62.6 Å². The van der Waals surface area contributed by atoms with E-state index in [2.05, 4.69) is 58.5 Å². The van der Waals surface area contributed by atoms with Crippen molar-refractivity contribution >= 4 is 70.9 Å². The second-order valence-electron chi connectivity index (χ2n) is 31.5. The van der Waals surface area contributed by atoms with Gasteiger partial charge < -0.3 is 218 Å². The van der Waals surface area contributed by atoms with Gasteiger partial charge in [0.05, 0.1) is 64.0 Å². The van der Waals surface area contributed by atoms with Gasteiger partial charge >= 0.3 is 5.97 Å². The average Bonchev–Trinajstić information content (AvgIpc) is 0.784. The molecule has 0 saturated carbocycles. The Morgan fingerprint density at radius 3 is 0.717 bits per heavy atom. The minimum Gasteiger partial charge on any atom is -0.480 e. The van der Waals surface area contributed by atoms with Crippen molar-refractivity contribution in [2.75, 3.05) is 39.6 Å². The van der Waals surface area contributed by atoms with Gasteiger partial charge in [0.2, 0.25) is 65.0 Å². The van der Waals surface area contributed by atoms with Gasteiger partial charge in [-0.05, 0) is 62.3 Å². The van der Waals surface area contributed by atoms with E-state index >= 15 is 0 Å². The summed E-state index contributed by atoms with van der Waals surface area (Å²) < 4.78 is 69.5. The minimum atomic E-state index is -2.17. The molecular weight excluding hydrogens is 1720 g/mol. The summed E-state index contributed by atoms with van der Waals surface area (Å²) in [6.07, 6.45) is -56.1. The summed E-state index contributed by atoms with van der Waals surface area (Å²) in [4.78, 5) is 164. The molecule has 11 amide bonds. The highest BCUT2D eigenvalue weighted by molar-refractivity contribution is 5.98. The topological polar surface area (TPSA) is 858 Å². The summed E-state index contributed by atoms with van der Waals surface area (Å²) >= 11 is 0. The standard InChI is InChI=1S/C72H122N12O43/c1-19(73)58(106)82-37(25(7)116-67-40(79-28(10)91)46(97)55(34(16-88)122-67)125-70-52(103)49(100)43(94)31(13-85)119-70)63(111)76-20(2)59(107)74-22(4)61(109)83-38(26(8)117-68-41(80-29(11)92)47(98)56(35(17-89)123-68)126-71-53(104)50(101)44(95)32(14-86)120-71)64(112)77-21(3)60(108)75-23(5)62(110)84-39(65(113)78-24(6)66(114)115)27(9)118-69-42(81-30(12)93)48(99)57(36(18-90)124-69)127-72-54(105)51(102)45(96)33(15-87)121-72/h19-27,31-57,67-72,85-90,94-105H,13-18,73H2,1-12H3,(H,74,107)(H,75,108)(H,76,111)(H,77,112)(H,78,113)(H,79,91)(H,80,92)(H,81,93)(H,82,106)(H,83,109)(H,84,110)(H,114,115)/t19-,20-,21-,22-,23-,24-,25+,26+,27+,31+,32+,33+,34+,35+,36+,37-,38-,39-,40+,41+,42+,43-,44-,45-,46+,47+,48+,49-,50-,51-,52+,53+,54+,55-,56-,57-,67-,68-,69-,70-,71-,72-/m0/s1. The zero-order chi connectivity index (χ0) is 95.7. The first kappa shape index (κ1) is 108. The molecule has 6 aliphatic heterocycles. The highest BCUT2D eigenvalue weighted by Crippen LogP contribution is 2.35. The van der Waals surface area contributed by atoms with Crippen LogP contribution in [0.2, 0.25) is 0 Å². The Morgan fingerprint density at radius 2 is 0.496 bits per heavy atom. The lowest BCUT2D eigenvalue weighted by Crippen LogP contribution is -2.68. The van der Waals surface area contributed by atoms with Crippen LogP contribution >= 0.6 is 0 Å². The molecule has 0 radical (unpaired) electrons. The molecule has 55 heteroatoms. The molecule has 6 heterocycles. The van der Waals surface area contributed by atoms with Crippen LogP contribution in [0.4, 0.5) is 0 Å². The summed E-state index contributed by atoms with van der Waals surface area (Å²) in [5.74, 6) is -14.1. The fourth-order valence-corrected chi connectivity index (χ4v) is 14.0. The Balaban J connectivity index is 1.24. The molecule has 0 aromatic carbocycles. The van der Waals surface area contributed by atoms with Crippen LogP contribution in [0.25, 0.3) is 0 Å². The van der Waals surface area contributed by atoms with Crippen LogP contribution in [-0.2, 0) is 114 Å². The lowest BCUT2D eigenvalue weighted by atomic mass is 9.95. The third kappa shape index (κ3) is 27.8. The number of aliphatic hydroxyl groups excluding tert-OH is 18. The van der Waals surface area contributed by atoms with Crippen molar-refractivity contribution in [1.29, 1.82) is 0 Å². The molecule has 42 atom stereocenters. The van der Waals surface area contributed by atoms with Crippen molar-refractivity contribution in [3.63, 3.8) is 0 Å². The predicted molar refractivity (Wildman–Crippen MR) is 411 cm³/mol. The van der Waals surface area contributed by atoms with Gasteiger partial charge in [-0.1, -0.05) is 0 Å². The van der Waals surface area contributed by atoms with Crippen molar-refractivity contribution < 1.29 is 211 Å². The quantitative estimate of drug-likeness (QED) is 0.0270. The first-order valence-corrected chi connectivity index (χ1v) is 40.3. The molecule has 55 nitrogen and oxygen atoms in total. The fraction of sp³-hybridized carbons (Fsp3) is 0.833. The van der Waals surface area contributed by atoms with Crippen LogP contribution in [0.1, 0.15) is 83.1 Å². The lowest BCUT2D eigenvalue weighted by Gasteiger charge is -2.47. The molecule has 0 aliphatic carbocycles. The minimum absolute atomic E-state index is 0.842. The molecule has 6 rings (SSSR count). The molecular formula is C72H122N12O43. The van der Waals surface area contributed by atoms with Gasteiger partial charge in [0.1, 0.15) is 195 Å². The van der Waals surface area contributed by atoms with E-state index in [0.717, 1.165) is 69.2 Å². The number of carboxylic acids is 1. The Bertz CT molecular complexity index is 3660. The number of nitrogens with one attached hydrogen (secondary N) is 11. The normalized spacial score (nSPS) is 36.2. The van der Waals surface area contributed by atoms with Crippen molar-refractivity contribution in [1.82, 2.24) is 58.5 Å². The van der Waals surface area contributed by atoms with Gasteiger partial charge in [-0.3, -0.25) is 57.5 Å². The predicted octanol–water partition coefficient (Wildman–Crippen LogP) is -19.1. The first-order valence-electron chi connectivity index (χ1n) is 40.3. The summed E-state index contributed by atoms with van der Waals surface area (Å²) in [6.45, 7) is 6.83. The van der Waals surface area contributed by atoms with Crippen LogP contribution in [0.3, 0.4) is 0 Å². The molecule has 0 spiro atoms.